The summed E-state index contributed by atoms with van der Waals surface area (Å²) in [5, 5.41) is 7.68. The van der Waals surface area contributed by atoms with Gasteiger partial charge in [-0.15, -0.1) is 0 Å². The molecule has 100 valence electrons. The van der Waals surface area contributed by atoms with Gasteiger partial charge < -0.3 is 10.2 Å². The number of aryl methyl sites for hydroxylation is 2. The van der Waals surface area contributed by atoms with Gasteiger partial charge in [0.15, 0.2) is 0 Å². The first-order valence-electron chi connectivity index (χ1n) is 6.51. The fourth-order valence-corrected chi connectivity index (χ4v) is 2.59. The molecule has 0 aliphatic carbocycles. The third-order valence-electron chi connectivity index (χ3n) is 3.70. The lowest BCUT2D eigenvalue weighted by Crippen LogP contribution is -2.42. The standard InChI is InChI=1S/C13H22N4O/c1-9-7-10(2)17(15-9)11(3)13(18)16(4)12-5-6-14-8-12/h7,11-12,14H,5-6,8H2,1-4H3/t11-,12-/m1/s1. The van der Waals surface area contributed by atoms with E-state index in [4.69, 9.17) is 0 Å². The van der Waals surface area contributed by atoms with E-state index in [0.29, 0.717) is 6.04 Å². The van der Waals surface area contributed by atoms with Crippen LogP contribution >= 0.6 is 0 Å². The van der Waals surface area contributed by atoms with E-state index in [9.17, 15) is 4.79 Å². The first-order valence-corrected chi connectivity index (χ1v) is 6.51. The van der Waals surface area contributed by atoms with Crippen LogP contribution in [0.2, 0.25) is 0 Å². The van der Waals surface area contributed by atoms with Gasteiger partial charge in [0.25, 0.3) is 0 Å². The molecule has 1 aliphatic rings. The Kier molecular flexibility index (Phi) is 3.71. The molecule has 1 aliphatic heterocycles. The smallest absolute Gasteiger partial charge is 0.247 e. The molecule has 0 saturated carbocycles. The van der Waals surface area contributed by atoms with Crippen LogP contribution in [0.5, 0.6) is 0 Å². The van der Waals surface area contributed by atoms with E-state index in [0.717, 1.165) is 30.9 Å². The van der Waals surface area contributed by atoms with Crippen LogP contribution in [0.3, 0.4) is 0 Å². The topological polar surface area (TPSA) is 50.2 Å². The molecule has 1 fully saturated rings. The van der Waals surface area contributed by atoms with Crippen LogP contribution in [-0.4, -0.2) is 46.8 Å². The lowest BCUT2D eigenvalue weighted by molar-refractivity contribution is -0.135. The zero-order valence-corrected chi connectivity index (χ0v) is 11.6. The van der Waals surface area contributed by atoms with Gasteiger partial charge in [0.1, 0.15) is 6.04 Å². The maximum absolute atomic E-state index is 12.4. The Morgan fingerprint density at radius 2 is 2.33 bits per heavy atom. The van der Waals surface area contributed by atoms with Crippen LogP contribution in [0, 0.1) is 13.8 Å². The first kappa shape index (κ1) is 13.1. The maximum Gasteiger partial charge on any atom is 0.247 e. The van der Waals surface area contributed by atoms with E-state index in [1.807, 2.05) is 43.5 Å². The predicted octanol–water partition coefficient (Wildman–Crippen LogP) is 0.881. The maximum atomic E-state index is 12.4. The Morgan fingerprint density at radius 1 is 1.61 bits per heavy atom. The second-order valence-electron chi connectivity index (χ2n) is 5.14. The first-order chi connectivity index (χ1) is 8.50. The van der Waals surface area contributed by atoms with Crippen molar-refractivity contribution in [2.45, 2.75) is 39.3 Å². The van der Waals surface area contributed by atoms with Gasteiger partial charge in [-0.3, -0.25) is 9.48 Å². The summed E-state index contributed by atoms with van der Waals surface area (Å²) >= 11 is 0. The van der Waals surface area contributed by atoms with Crippen molar-refractivity contribution in [3.63, 3.8) is 0 Å². The molecule has 0 radical (unpaired) electrons. The molecule has 1 aromatic rings. The van der Waals surface area contributed by atoms with Gasteiger partial charge in [-0.1, -0.05) is 0 Å². The summed E-state index contributed by atoms with van der Waals surface area (Å²) < 4.78 is 1.82. The highest BCUT2D eigenvalue weighted by molar-refractivity contribution is 5.80. The van der Waals surface area contributed by atoms with Crippen LogP contribution in [-0.2, 0) is 4.79 Å². The van der Waals surface area contributed by atoms with Crippen molar-refractivity contribution >= 4 is 5.91 Å². The SMILES string of the molecule is Cc1cc(C)n([C@H](C)C(=O)N(C)[C@@H]2CCNC2)n1. The van der Waals surface area contributed by atoms with Crippen molar-refractivity contribution in [3.05, 3.63) is 17.5 Å². The van der Waals surface area contributed by atoms with Crippen molar-refractivity contribution in [3.8, 4) is 0 Å². The van der Waals surface area contributed by atoms with Crippen molar-refractivity contribution in [1.82, 2.24) is 20.0 Å². The molecule has 0 aromatic carbocycles. The van der Waals surface area contributed by atoms with Gasteiger partial charge >= 0.3 is 0 Å². The van der Waals surface area contributed by atoms with E-state index >= 15 is 0 Å². The van der Waals surface area contributed by atoms with E-state index < -0.39 is 0 Å². The predicted molar refractivity (Wildman–Crippen MR) is 70.5 cm³/mol. The number of amides is 1. The molecule has 0 unspecified atom stereocenters. The molecule has 5 nitrogen and oxygen atoms in total. The fraction of sp³-hybridized carbons (Fsp3) is 0.692. The number of aromatic nitrogens is 2. The summed E-state index contributed by atoms with van der Waals surface area (Å²) in [4.78, 5) is 14.3. The van der Waals surface area contributed by atoms with Gasteiger partial charge in [0, 0.05) is 25.3 Å². The molecule has 2 atom stereocenters. The summed E-state index contributed by atoms with van der Waals surface area (Å²) in [7, 11) is 1.89. The fourth-order valence-electron chi connectivity index (χ4n) is 2.59. The highest BCUT2D eigenvalue weighted by Gasteiger charge is 2.28. The Balaban J connectivity index is 2.10. The Hall–Kier alpha value is -1.36. The largest absolute Gasteiger partial charge is 0.340 e. The number of rotatable bonds is 3. The molecular formula is C13H22N4O. The van der Waals surface area contributed by atoms with Gasteiger partial charge in [0.2, 0.25) is 5.91 Å². The highest BCUT2D eigenvalue weighted by Crippen LogP contribution is 2.16. The summed E-state index contributed by atoms with van der Waals surface area (Å²) in [5.41, 5.74) is 1.99. The van der Waals surface area contributed by atoms with Crippen molar-refractivity contribution in [2.24, 2.45) is 0 Å². The Labute approximate surface area is 108 Å². The molecule has 1 N–H and O–H groups in total. The van der Waals surface area contributed by atoms with Crippen LogP contribution in [0.4, 0.5) is 0 Å². The zero-order valence-electron chi connectivity index (χ0n) is 11.6. The average molecular weight is 250 g/mol. The molecule has 18 heavy (non-hydrogen) atoms. The molecule has 5 heteroatoms. The number of hydrogen-bond donors (Lipinski definition) is 1. The molecule has 0 bridgehead atoms. The van der Waals surface area contributed by atoms with Gasteiger partial charge in [0.05, 0.1) is 5.69 Å². The van der Waals surface area contributed by atoms with Crippen molar-refractivity contribution < 1.29 is 4.79 Å². The molecule has 2 heterocycles. The molecular weight excluding hydrogens is 228 g/mol. The minimum absolute atomic E-state index is 0.134. The number of hydrogen-bond acceptors (Lipinski definition) is 3. The van der Waals surface area contributed by atoms with E-state index in [1.54, 1.807) is 0 Å². The Morgan fingerprint density at radius 3 is 2.83 bits per heavy atom. The lowest BCUT2D eigenvalue weighted by atomic mass is 10.2. The third-order valence-corrected chi connectivity index (χ3v) is 3.70. The minimum Gasteiger partial charge on any atom is -0.340 e. The van der Waals surface area contributed by atoms with Gasteiger partial charge in [-0.05, 0) is 39.8 Å². The lowest BCUT2D eigenvalue weighted by Gasteiger charge is -2.27. The number of nitrogens with one attached hydrogen (secondary N) is 1. The van der Waals surface area contributed by atoms with E-state index in [-0.39, 0.29) is 11.9 Å². The second-order valence-corrected chi connectivity index (χ2v) is 5.14. The molecule has 2 rings (SSSR count). The number of nitrogens with zero attached hydrogens (tertiary/aromatic N) is 3. The summed E-state index contributed by atoms with van der Waals surface area (Å²) in [6.45, 7) is 7.75. The zero-order chi connectivity index (χ0) is 13.3. The monoisotopic (exact) mass is 250 g/mol. The summed E-state index contributed by atoms with van der Waals surface area (Å²) in [6, 6.07) is 2.09. The molecule has 1 saturated heterocycles. The average Bonchev–Trinajstić information content (AvgIpc) is 2.96. The molecule has 1 aromatic heterocycles. The van der Waals surface area contributed by atoms with Crippen molar-refractivity contribution in [1.29, 1.82) is 0 Å². The highest BCUT2D eigenvalue weighted by atomic mass is 16.2. The van der Waals surface area contributed by atoms with Crippen molar-refractivity contribution in [2.75, 3.05) is 20.1 Å². The summed E-state index contributed by atoms with van der Waals surface area (Å²) in [6.07, 6.45) is 1.03. The van der Waals surface area contributed by atoms with Crippen LogP contribution in [0.25, 0.3) is 0 Å². The van der Waals surface area contributed by atoms with E-state index in [2.05, 4.69) is 10.4 Å². The molecule has 1 amide bonds. The van der Waals surface area contributed by atoms with Crippen LogP contribution in [0.1, 0.15) is 30.8 Å². The molecule has 0 spiro atoms. The quantitative estimate of drug-likeness (QED) is 0.866. The van der Waals surface area contributed by atoms with E-state index in [1.165, 1.54) is 0 Å². The Bertz CT molecular complexity index is 434. The van der Waals surface area contributed by atoms with Gasteiger partial charge in [-0.2, -0.15) is 5.10 Å². The van der Waals surface area contributed by atoms with Crippen LogP contribution < -0.4 is 5.32 Å². The number of likely N-dealkylation sites (N-methyl/N-ethyl adjacent to an activating group) is 1. The third kappa shape index (κ3) is 2.41. The normalized spacial score (nSPS) is 21.0. The number of carbonyl (C=O) groups excluding carboxylic acids is 1. The van der Waals surface area contributed by atoms with Gasteiger partial charge in [-0.25, -0.2) is 0 Å². The summed E-state index contributed by atoms with van der Waals surface area (Å²) in [5.74, 6) is 0.134. The van der Waals surface area contributed by atoms with Crippen LogP contribution in [0.15, 0.2) is 6.07 Å². The number of carbonyl (C=O) groups is 1. The second kappa shape index (κ2) is 5.10. The minimum atomic E-state index is -0.232.